The molecule has 1 aliphatic rings. The van der Waals surface area contributed by atoms with Crippen LogP contribution in [-0.4, -0.2) is 42.5 Å². The van der Waals surface area contributed by atoms with Crippen LogP contribution < -0.4 is 4.90 Å². The van der Waals surface area contributed by atoms with Gasteiger partial charge in [0.05, 0.1) is 17.4 Å². The smallest absolute Gasteiger partial charge is 0.255 e. The molecule has 0 bridgehead atoms. The summed E-state index contributed by atoms with van der Waals surface area (Å²) in [5, 5.41) is 0. The van der Waals surface area contributed by atoms with Gasteiger partial charge in [-0.3, -0.25) is 9.78 Å². The molecular weight excluding hydrogens is 334 g/mol. The Morgan fingerprint density at radius 2 is 1.93 bits per heavy atom. The molecule has 0 atom stereocenters. The summed E-state index contributed by atoms with van der Waals surface area (Å²) < 4.78 is 0. The van der Waals surface area contributed by atoms with Gasteiger partial charge >= 0.3 is 0 Å². The predicted molar refractivity (Wildman–Crippen MR) is 111 cm³/mol. The van der Waals surface area contributed by atoms with E-state index in [1.54, 1.807) is 11.1 Å². The molecule has 4 nitrogen and oxygen atoms in total. The summed E-state index contributed by atoms with van der Waals surface area (Å²) in [6.45, 7) is 5.00. The van der Waals surface area contributed by atoms with Crippen molar-refractivity contribution >= 4 is 11.6 Å². The summed E-state index contributed by atoms with van der Waals surface area (Å²) in [7, 11) is 1.87. The topological polar surface area (TPSA) is 36.4 Å². The molecule has 0 unspecified atom stereocenters. The van der Waals surface area contributed by atoms with Crippen molar-refractivity contribution in [3.63, 3.8) is 0 Å². The molecular formula is C23H31N3O. The van der Waals surface area contributed by atoms with Crippen LogP contribution in [0.3, 0.4) is 0 Å². The second-order valence-corrected chi connectivity index (χ2v) is 7.63. The Morgan fingerprint density at radius 1 is 1.19 bits per heavy atom. The number of pyridine rings is 1. The first kappa shape index (κ1) is 19.4. The summed E-state index contributed by atoms with van der Waals surface area (Å²) in [4.78, 5) is 21.1. The first-order chi connectivity index (χ1) is 13.2. The van der Waals surface area contributed by atoms with E-state index in [2.05, 4.69) is 47.1 Å². The average Bonchev–Trinajstić information content (AvgIpc) is 2.73. The third kappa shape index (κ3) is 5.31. The zero-order valence-electron chi connectivity index (χ0n) is 16.6. The van der Waals surface area contributed by atoms with Gasteiger partial charge in [0.2, 0.25) is 0 Å². The molecule has 1 aliphatic heterocycles. The van der Waals surface area contributed by atoms with Crippen molar-refractivity contribution in [1.29, 1.82) is 0 Å². The Morgan fingerprint density at radius 3 is 2.63 bits per heavy atom. The monoisotopic (exact) mass is 365 g/mol. The second-order valence-electron chi connectivity index (χ2n) is 7.63. The summed E-state index contributed by atoms with van der Waals surface area (Å²) in [5.74, 6) is 0.804. The van der Waals surface area contributed by atoms with Gasteiger partial charge in [0.15, 0.2) is 0 Å². The van der Waals surface area contributed by atoms with Crippen LogP contribution in [0.1, 0.15) is 48.5 Å². The van der Waals surface area contributed by atoms with E-state index in [9.17, 15) is 4.79 Å². The summed E-state index contributed by atoms with van der Waals surface area (Å²) in [6.07, 6.45) is 9.23. The third-order valence-electron chi connectivity index (χ3n) is 5.51. The molecule has 2 aromatic rings. The number of unbranched alkanes of at least 4 members (excludes halogenated alkanes) is 1. The maximum absolute atomic E-state index is 12.6. The lowest BCUT2D eigenvalue weighted by Crippen LogP contribution is -2.34. The summed E-state index contributed by atoms with van der Waals surface area (Å²) in [5.41, 5.74) is 3.20. The highest BCUT2D eigenvalue weighted by molar-refractivity contribution is 5.94. The van der Waals surface area contributed by atoms with E-state index in [4.69, 9.17) is 0 Å². The molecule has 0 aliphatic carbocycles. The van der Waals surface area contributed by atoms with E-state index < -0.39 is 0 Å². The van der Waals surface area contributed by atoms with Gasteiger partial charge < -0.3 is 9.80 Å². The Labute approximate surface area is 163 Å². The minimum absolute atomic E-state index is 0.0664. The van der Waals surface area contributed by atoms with E-state index >= 15 is 0 Å². The maximum atomic E-state index is 12.6. The highest BCUT2D eigenvalue weighted by atomic mass is 16.2. The SMILES string of the molecule is CCCCN(C)C(=O)c1cncc(N2CCC(Cc3ccccc3)CC2)c1. The van der Waals surface area contributed by atoms with E-state index in [0.717, 1.165) is 50.5 Å². The Kier molecular flexibility index (Phi) is 6.86. The molecule has 2 heterocycles. The van der Waals surface area contributed by atoms with Crippen molar-refractivity contribution < 1.29 is 4.79 Å². The van der Waals surface area contributed by atoms with Crippen LogP contribution in [0.5, 0.6) is 0 Å². The molecule has 0 saturated carbocycles. The number of nitrogens with zero attached hydrogens (tertiary/aromatic N) is 3. The predicted octanol–water partition coefficient (Wildman–Crippen LogP) is 4.41. The zero-order chi connectivity index (χ0) is 19.1. The number of aromatic nitrogens is 1. The van der Waals surface area contributed by atoms with Crippen LogP contribution in [0.25, 0.3) is 0 Å². The number of piperidine rings is 1. The van der Waals surface area contributed by atoms with Crippen LogP contribution >= 0.6 is 0 Å². The van der Waals surface area contributed by atoms with Crippen LogP contribution in [0, 0.1) is 5.92 Å². The fourth-order valence-electron chi connectivity index (χ4n) is 3.78. The lowest BCUT2D eigenvalue weighted by atomic mass is 9.90. The van der Waals surface area contributed by atoms with Crippen LogP contribution in [0.15, 0.2) is 48.8 Å². The highest BCUT2D eigenvalue weighted by Crippen LogP contribution is 2.26. The minimum Gasteiger partial charge on any atom is -0.370 e. The molecule has 144 valence electrons. The van der Waals surface area contributed by atoms with Crippen LogP contribution in [0.2, 0.25) is 0 Å². The van der Waals surface area contributed by atoms with Crippen molar-refractivity contribution in [2.75, 3.05) is 31.6 Å². The number of hydrogen-bond donors (Lipinski definition) is 0. The number of carbonyl (C=O) groups is 1. The molecule has 3 rings (SSSR count). The van der Waals surface area contributed by atoms with E-state index in [1.807, 2.05) is 19.3 Å². The Balaban J connectivity index is 1.57. The van der Waals surface area contributed by atoms with Gasteiger partial charge in [0.25, 0.3) is 5.91 Å². The fourth-order valence-corrected chi connectivity index (χ4v) is 3.78. The van der Waals surface area contributed by atoms with Gasteiger partial charge in [0, 0.05) is 32.9 Å². The molecule has 1 aromatic heterocycles. The average molecular weight is 366 g/mol. The minimum atomic E-state index is 0.0664. The molecule has 4 heteroatoms. The largest absolute Gasteiger partial charge is 0.370 e. The first-order valence-corrected chi connectivity index (χ1v) is 10.2. The number of hydrogen-bond acceptors (Lipinski definition) is 3. The molecule has 1 amide bonds. The van der Waals surface area contributed by atoms with Crippen LogP contribution in [0.4, 0.5) is 5.69 Å². The van der Waals surface area contributed by atoms with Crippen molar-refractivity contribution in [1.82, 2.24) is 9.88 Å². The first-order valence-electron chi connectivity index (χ1n) is 10.2. The highest BCUT2D eigenvalue weighted by Gasteiger charge is 2.21. The van der Waals surface area contributed by atoms with E-state index in [1.165, 1.54) is 18.4 Å². The molecule has 1 saturated heterocycles. The van der Waals surface area contributed by atoms with Crippen molar-refractivity contribution in [3.05, 3.63) is 59.9 Å². The van der Waals surface area contributed by atoms with Gasteiger partial charge in [0.1, 0.15) is 0 Å². The maximum Gasteiger partial charge on any atom is 0.255 e. The lowest BCUT2D eigenvalue weighted by molar-refractivity contribution is 0.0793. The van der Waals surface area contributed by atoms with E-state index in [0.29, 0.717) is 5.56 Å². The van der Waals surface area contributed by atoms with Crippen LogP contribution in [-0.2, 0) is 6.42 Å². The molecule has 1 fully saturated rings. The van der Waals surface area contributed by atoms with Crippen molar-refractivity contribution in [3.8, 4) is 0 Å². The number of rotatable bonds is 7. The number of anilines is 1. The lowest BCUT2D eigenvalue weighted by Gasteiger charge is -2.33. The quantitative estimate of drug-likeness (QED) is 0.729. The van der Waals surface area contributed by atoms with Crippen molar-refractivity contribution in [2.24, 2.45) is 5.92 Å². The van der Waals surface area contributed by atoms with Gasteiger partial charge in [-0.25, -0.2) is 0 Å². The normalized spacial score (nSPS) is 15.0. The second kappa shape index (κ2) is 9.54. The van der Waals surface area contributed by atoms with E-state index in [-0.39, 0.29) is 5.91 Å². The Hall–Kier alpha value is -2.36. The molecule has 27 heavy (non-hydrogen) atoms. The Bertz CT molecular complexity index is 723. The van der Waals surface area contributed by atoms with Gasteiger partial charge in [-0.05, 0) is 43.2 Å². The number of carbonyl (C=O) groups excluding carboxylic acids is 1. The molecule has 0 radical (unpaired) electrons. The summed E-state index contributed by atoms with van der Waals surface area (Å²) in [6, 6.07) is 12.8. The van der Waals surface area contributed by atoms with Gasteiger partial charge in [-0.1, -0.05) is 43.7 Å². The third-order valence-corrected chi connectivity index (χ3v) is 5.51. The zero-order valence-corrected chi connectivity index (χ0v) is 16.6. The fraction of sp³-hybridized carbons (Fsp3) is 0.478. The summed E-state index contributed by atoms with van der Waals surface area (Å²) >= 11 is 0. The van der Waals surface area contributed by atoms with Crippen molar-refractivity contribution in [2.45, 2.75) is 39.0 Å². The number of benzene rings is 1. The van der Waals surface area contributed by atoms with Gasteiger partial charge in [-0.2, -0.15) is 0 Å². The molecule has 0 N–H and O–H groups in total. The number of amides is 1. The standard InChI is InChI=1S/C23H31N3O/c1-3-4-12-25(2)23(27)21-16-22(18-24-17-21)26-13-10-20(11-14-26)15-19-8-6-5-7-9-19/h5-9,16-18,20H,3-4,10-15H2,1-2H3. The molecule has 1 aromatic carbocycles. The van der Waals surface area contributed by atoms with Gasteiger partial charge in [-0.15, -0.1) is 0 Å². The molecule has 0 spiro atoms.